The van der Waals surface area contributed by atoms with Crippen LogP contribution in [0, 0.1) is 25.7 Å². The fourth-order valence-corrected chi connectivity index (χ4v) is 1.22. The Bertz CT molecular complexity index is 311. The third kappa shape index (κ3) is 24.4. The van der Waals surface area contributed by atoms with Gasteiger partial charge in [0.1, 0.15) is 0 Å². The van der Waals surface area contributed by atoms with Gasteiger partial charge in [-0.2, -0.15) is 27.7 Å². The Labute approximate surface area is 167 Å². The second kappa shape index (κ2) is 26.9. The van der Waals surface area contributed by atoms with Crippen LogP contribution in [0.3, 0.4) is 0 Å². The van der Waals surface area contributed by atoms with Crippen molar-refractivity contribution in [2.75, 3.05) is 6.61 Å². The number of hydrogen-bond acceptors (Lipinski definition) is 2. The Morgan fingerprint density at radius 3 is 1.65 bits per heavy atom. The van der Waals surface area contributed by atoms with Crippen molar-refractivity contribution in [2.45, 2.75) is 40.2 Å². The largest absolute Gasteiger partial charge is 2.00 e. The van der Waals surface area contributed by atoms with E-state index in [1.165, 1.54) is 0 Å². The Balaban J connectivity index is -0.000000118. The second-order valence-corrected chi connectivity index (χ2v) is 4.36. The molecule has 0 aliphatic heterocycles. The summed E-state index contributed by atoms with van der Waals surface area (Å²) < 4.78 is 0. The van der Waals surface area contributed by atoms with Crippen LogP contribution in [-0.2, 0) is 36.5 Å². The van der Waals surface area contributed by atoms with Crippen molar-refractivity contribution in [1.82, 2.24) is 0 Å². The summed E-state index contributed by atoms with van der Waals surface area (Å²) in [6.07, 6.45) is 21.4. The van der Waals surface area contributed by atoms with Crippen LogP contribution >= 0.6 is 0 Å². The summed E-state index contributed by atoms with van der Waals surface area (Å²) in [5, 5.41) is 17.7. The van der Waals surface area contributed by atoms with Crippen molar-refractivity contribution in [2.24, 2.45) is 0 Å². The van der Waals surface area contributed by atoms with E-state index in [0.717, 1.165) is 5.57 Å². The quantitative estimate of drug-likeness (QED) is 0.501. The average Bonchev–Trinajstić information content (AvgIpc) is 3.18. The Hall–Kier alpha value is 0.0229. The SMILES string of the molecule is C[CH-]C.C[CH-]C.OCCC(O)C1=C[CH]C=C1.[CH]1C=CC=C1.[Fe].[Rh+2]. The van der Waals surface area contributed by atoms with E-state index in [1.54, 1.807) is 0 Å². The standard InChI is InChI=1S/C8H11O2.C5H5.2C3H7.Fe.Rh/c9-6-5-8(10)7-3-1-2-4-7;1-2-4-5-3-1;2*1-3-2;;/h1-4,8-10H,5-6H2;1-5H;2*3H,1-2H3;;/q;;2*-1;;+2. The molecule has 0 aromatic heterocycles. The van der Waals surface area contributed by atoms with E-state index in [4.69, 9.17) is 5.11 Å². The summed E-state index contributed by atoms with van der Waals surface area (Å²) in [5.74, 6) is 0. The maximum absolute atomic E-state index is 9.25. The number of aliphatic hydroxyl groups is 2. The first-order valence-corrected chi connectivity index (χ1v) is 7.32. The third-order valence-corrected chi connectivity index (χ3v) is 2.03. The van der Waals surface area contributed by atoms with Crippen LogP contribution < -0.4 is 0 Å². The van der Waals surface area contributed by atoms with Crippen LogP contribution in [0.5, 0.6) is 0 Å². The smallest absolute Gasteiger partial charge is 0.396 e. The average molecular weight is 449 g/mol. The molecule has 1 atom stereocenters. The molecule has 2 N–H and O–H groups in total. The van der Waals surface area contributed by atoms with Crippen molar-refractivity contribution >= 4 is 0 Å². The van der Waals surface area contributed by atoms with Gasteiger partial charge in [-0.15, -0.1) is 0 Å². The normalized spacial score (nSPS) is 13.7. The fourth-order valence-electron chi connectivity index (χ4n) is 1.22. The molecule has 3 radical (unpaired) electrons. The third-order valence-electron chi connectivity index (χ3n) is 2.03. The molecule has 2 aliphatic rings. The number of hydrogen-bond donors (Lipinski definition) is 2. The minimum atomic E-state index is -0.500. The summed E-state index contributed by atoms with van der Waals surface area (Å²) in [6, 6.07) is 0. The molecule has 4 heteroatoms. The van der Waals surface area contributed by atoms with E-state index in [1.807, 2.05) is 95.9 Å². The van der Waals surface area contributed by atoms with Gasteiger partial charge in [-0.3, -0.25) is 0 Å². The molecule has 0 aromatic rings. The molecule has 1 unspecified atom stereocenters. The van der Waals surface area contributed by atoms with E-state index in [9.17, 15) is 5.11 Å². The van der Waals surface area contributed by atoms with Gasteiger partial charge < -0.3 is 23.1 Å². The molecule has 0 spiro atoms. The summed E-state index contributed by atoms with van der Waals surface area (Å²) >= 11 is 0. The Morgan fingerprint density at radius 2 is 1.39 bits per heavy atom. The summed E-state index contributed by atoms with van der Waals surface area (Å²) in [6.45, 7) is 8.03. The van der Waals surface area contributed by atoms with Crippen LogP contribution in [0.1, 0.15) is 34.1 Å². The van der Waals surface area contributed by atoms with E-state index in [0.29, 0.717) is 6.42 Å². The van der Waals surface area contributed by atoms with Gasteiger partial charge in [-0.25, -0.2) is 0 Å². The van der Waals surface area contributed by atoms with Crippen LogP contribution in [0.4, 0.5) is 0 Å². The minimum absolute atomic E-state index is 0. The predicted molar refractivity (Wildman–Crippen MR) is 93.1 cm³/mol. The second-order valence-electron chi connectivity index (χ2n) is 4.36. The molecule has 23 heavy (non-hydrogen) atoms. The molecule has 2 nitrogen and oxygen atoms in total. The van der Waals surface area contributed by atoms with E-state index in [-0.39, 0.29) is 43.2 Å². The van der Waals surface area contributed by atoms with E-state index in [2.05, 4.69) is 0 Å². The Kier molecular flexibility index (Phi) is 36.1. The molecule has 0 heterocycles. The Morgan fingerprint density at radius 1 is 0.913 bits per heavy atom. The zero-order valence-corrected chi connectivity index (χ0v) is 17.2. The van der Waals surface area contributed by atoms with Gasteiger partial charge in [0.05, 0.1) is 6.10 Å². The summed E-state index contributed by atoms with van der Waals surface area (Å²) in [4.78, 5) is 0. The molecular formula is C19H30FeO2Rh. The predicted octanol–water partition coefficient (Wildman–Crippen LogP) is 4.20. The van der Waals surface area contributed by atoms with Crippen molar-refractivity contribution in [3.8, 4) is 0 Å². The molecule has 0 aromatic carbocycles. The van der Waals surface area contributed by atoms with Crippen molar-refractivity contribution in [3.05, 3.63) is 73.8 Å². The maximum Gasteiger partial charge on any atom is 2.00 e. The number of rotatable bonds is 3. The molecule has 0 saturated carbocycles. The van der Waals surface area contributed by atoms with Crippen LogP contribution in [0.2, 0.25) is 0 Å². The number of aliphatic hydroxyl groups excluding tert-OH is 2. The van der Waals surface area contributed by atoms with Gasteiger partial charge in [0.15, 0.2) is 0 Å². The minimum Gasteiger partial charge on any atom is -0.396 e. The zero-order chi connectivity index (χ0) is 16.3. The first-order chi connectivity index (χ1) is 10.2. The fraction of sp³-hybridized carbons (Fsp3) is 0.368. The topological polar surface area (TPSA) is 40.5 Å². The van der Waals surface area contributed by atoms with Gasteiger partial charge in [0.2, 0.25) is 0 Å². The van der Waals surface area contributed by atoms with E-state index < -0.39 is 6.10 Å². The molecule has 0 bridgehead atoms. The first kappa shape index (κ1) is 30.9. The molecule has 135 valence electrons. The van der Waals surface area contributed by atoms with E-state index >= 15 is 0 Å². The molecule has 0 amide bonds. The molecule has 2 aliphatic carbocycles. The van der Waals surface area contributed by atoms with Gasteiger partial charge in [0.25, 0.3) is 0 Å². The van der Waals surface area contributed by atoms with Crippen LogP contribution in [-0.4, -0.2) is 22.9 Å². The molecule has 2 rings (SSSR count). The van der Waals surface area contributed by atoms with Crippen molar-refractivity contribution in [3.63, 3.8) is 0 Å². The monoisotopic (exact) mass is 449 g/mol. The van der Waals surface area contributed by atoms with Crippen LogP contribution in [0.15, 0.2) is 48.1 Å². The summed E-state index contributed by atoms with van der Waals surface area (Å²) in [5.41, 5.74) is 0.883. The van der Waals surface area contributed by atoms with Gasteiger partial charge >= 0.3 is 19.5 Å². The summed E-state index contributed by atoms with van der Waals surface area (Å²) in [7, 11) is 0. The van der Waals surface area contributed by atoms with Gasteiger partial charge in [-0.1, -0.05) is 42.5 Å². The van der Waals surface area contributed by atoms with Crippen LogP contribution in [0.25, 0.3) is 0 Å². The first-order valence-electron chi connectivity index (χ1n) is 7.32. The number of allylic oxidation sites excluding steroid dienone is 6. The maximum atomic E-state index is 9.25. The molecule has 0 saturated heterocycles. The zero-order valence-electron chi connectivity index (χ0n) is 14.4. The van der Waals surface area contributed by atoms with Crippen molar-refractivity contribution < 1.29 is 46.8 Å². The van der Waals surface area contributed by atoms with Crippen molar-refractivity contribution in [1.29, 1.82) is 0 Å². The molecular weight excluding hydrogens is 419 g/mol. The van der Waals surface area contributed by atoms with Gasteiger partial charge in [-0.05, 0) is 5.57 Å². The van der Waals surface area contributed by atoms with Gasteiger partial charge in [0, 0.05) is 42.9 Å². The molecule has 0 fully saturated rings.